The summed E-state index contributed by atoms with van der Waals surface area (Å²) in [6, 6.07) is 0.443. The normalized spacial score (nSPS) is 20.1. The molecule has 0 spiro atoms. The monoisotopic (exact) mass is 278 g/mol. The molecule has 2 fully saturated rings. The van der Waals surface area contributed by atoms with Crippen molar-refractivity contribution in [3.8, 4) is 0 Å². The molecule has 3 rings (SSSR count). The van der Waals surface area contributed by atoms with Crippen molar-refractivity contribution in [2.24, 2.45) is 0 Å². The number of nitrogens with one attached hydrogen (secondary N) is 2. The molecule has 1 saturated heterocycles. The van der Waals surface area contributed by atoms with Gasteiger partial charge in [0.05, 0.1) is 0 Å². The van der Waals surface area contributed by atoms with Gasteiger partial charge in [-0.25, -0.2) is 5.48 Å². The fourth-order valence-corrected chi connectivity index (χ4v) is 2.97. The van der Waals surface area contributed by atoms with E-state index in [0.29, 0.717) is 17.9 Å². The van der Waals surface area contributed by atoms with Crippen LogP contribution < -0.4 is 15.7 Å². The van der Waals surface area contributed by atoms with E-state index in [-0.39, 0.29) is 5.95 Å². The van der Waals surface area contributed by atoms with Crippen LogP contribution in [0.15, 0.2) is 0 Å². The van der Waals surface area contributed by atoms with Crippen LogP contribution in [0.1, 0.15) is 44.9 Å². The molecule has 0 radical (unpaired) electrons. The van der Waals surface area contributed by atoms with Crippen LogP contribution in [0.5, 0.6) is 0 Å². The molecular weight excluding hydrogens is 256 g/mol. The first-order valence-corrected chi connectivity index (χ1v) is 7.53. The third-order valence-electron chi connectivity index (χ3n) is 4.05. The molecule has 0 unspecified atom stereocenters. The van der Waals surface area contributed by atoms with Crippen LogP contribution >= 0.6 is 0 Å². The van der Waals surface area contributed by atoms with E-state index >= 15 is 0 Å². The van der Waals surface area contributed by atoms with Crippen LogP contribution in [0.4, 0.5) is 17.8 Å². The smallest absolute Gasteiger partial charge is 0.253 e. The van der Waals surface area contributed by atoms with Crippen molar-refractivity contribution in [2.45, 2.75) is 51.0 Å². The van der Waals surface area contributed by atoms with E-state index in [2.05, 4.69) is 25.2 Å². The molecular formula is C13H22N6O. The van der Waals surface area contributed by atoms with E-state index in [9.17, 15) is 0 Å². The molecule has 20 heavy (non-hydrogen) atoms. The van der Waals surface area contributed by atoms with Gasteiger partial charge in [0.15, 0.2) is 0 Å². The van der Waals surface area contributed by atoms with E-state index < -0.39 is 0 Å². The lowest BCUT2D eigenvalue weighted by atomic mass is 10.1. The van der Waals surface area contributed by atoms with Crippen molar-refractivity contribution < 1.29 is 5.21 Å². The fraction of sp³-hybridized carbons (Fsp3) is 0.769. The molecule has 1 aromatic heterocycles. The second kappa shape index (κ2) is 6.21. The molecule has 0 atom stereocenters. The van der Waals surface area contributed by atoms with Gasteiger partial charge >= 0.3 is 0 Å². The lowest BCUT2D eigenvalue weighted by Gasteiger charge is -2.27. The summed E-state index contributed by atoms with van der Waals surface area (Å²) in [5.74, 6) is 1.42. The maximum atomic E-state index is 9.10. The lowest BCUT2D eigenvalue weighted by Crippen LogP contribution is -2.31. The third kappa shape index (κ3) is 3.09. The zero-order chi connectivity index (χ0) is 13.8. The number of hydrogen-bond donors (Lipinski definition) is 3. The Bertz CT molecular complexity index is 442. The summed E-state index contributed by atoms with van der Waals surface area (Å²) in [5.41, 5.74) is 2.04. The number of hydrogen-bond acceptors (Lipinski definition) is 7. The van der Waals surface area contributed by atoms with Crippen LogP contribution in [0, 0.1) is 0 Å². The fourth-order valence-electron chi connectivity index (χ4n) is 2.97. The second-order valence-electron chi connectivity index (χ2n) is 5.57. The van der Waals surface area contributed by atoms with E-state index in [4.69, 9.17) is 5.21 Å². The lowest BCUT2D eigenvalue weighted by molar-refractivity contribution is 0.382. The van der Waals surface area contributed by atoms with Crippen molar-refractivity contribution in [1.29, 1.82) is 0 Å². The number of piperidine rings is 1. The van der Waals surface area contributed by atoms with Gasteiger partial charge in [0.1, 0.15) is 0 Å². The first-order chi connectivity index (χ1) is 9.85. The van der Waals surface area contributed by atoms with E-state index in [0.717, 1.165) is 25.9 Å². The van der Waals surface area contributed by atoms with E-state index in [1.54, 1.807) is 0 Å². The van der Waals surface area contributed by atoms with Gasteiger partial charge < -0.3 is 10.2 Å². The van der Waals surface area contributed by atoms with Gasteiger partial charge in [0, 0.05) is 19.1 Å². The van der Waals surface area contributed by atoms with E-state index in [1.807, 2.05) is 5.48 Å². The maximum Gasteiger partial charge on any atom is 0.253 e. The Hall–Kier alpha value is -1.63. The number of rotatable bonds is 4. The summed E-state index contributed by atoms with van der Waals surface area (Å²) in [6.07, 6.45) is 8.43. The first kappa shape index (κ1) is 13.4. The molecule has 1 aliphatic heterocycles. The largest absolute Gasteiger partial charge is 0.351 e. The predicted octanol–water partition coefficient (Wildman–Crippen LogP) is 2.02. The van der Waals surface area contributed by atoms with Gasteiger partial charge in [-0.15, -0.1) is 0 Å². The average molecular weight is 278 g/mol. The summed E-state index contributed by atoms with van der Waals surface area (Å²) in [7, 11) is 0. The Balaban J connectivity index is 1.77. The highest BCUT2D eigenvalue weighted by atomic mass is 16.5. The summed E-state index contributed by atoms with van der Waals surface area (Å²) in [6.45, 7) is 1.94. The Morgan fingerprint density at radius 1 is 0.900 bits per heavy atom. The third-order valence-corrected chi connectivity index (χ3v) is 4.05. The molecule has 1 aliphatic carbocycles. The van der Waals surface area contributed by atoms with Crippen LogP contribution in [0.25, 0.3) is 0 Å². The molecule has 0 bridgehead atoms. The van der Waals surface area contributed by atoms with Gasteiger partial charge in [-0.1, -0.05) is 12.8 Å². The highest BCUT2D eigenvalue weighted by Crippen LogP contribution is 2.23. The molecule has 1 aromatic rings. The Morgan fingerprint density at radius 2 is 1.60 bits per heavy atom. The van der Waals surface area contributed by atoms with Crippen molar-refractivity contribution >= 4 is 17.8 Å². The van der Waals surface area contributed by atoms with Crippen molar-refractivity contribution in [3.05, 3.63) is 0 Å². The van der Waals surface area contributed by atoms with Gasteiger partial charge in [0.2, 0.25) is 11.9 Å². The van der Waals surface area contributed by atoms with Gasteiger partial charge in [-0.2, -0.15) is 15.0 Å². The van der Waals surface area contributed by atoms with Crippen LogP contribution in [-0.2, 0) is 0 Å². The molecule has 3 N–H and O–H groups in total. The minimum atomic E-state index is 0.209. The summed E-state index contributed by atoms with van der Waals surface area (Å²) < 4.78 is 0. The first-order valence-electron chi connectivity index (χ1n) is 7.53. The van der Waals surface area contributed by atoms with Gasteiger partial charge in [0.25, 0.3) is 5.95 Å². The van der Waals surface area contributed by atoms with Gasteiger partial charge in [-0.3, -0.25) is 5.21 Å². The quantitative estimate of drug-likeness (QED) is 0.726. The molecule has 1 saturated carbocycles. The Morgan fingerprint density at radius 3 is 2.30 bits per heavy atom. The maximum absolute atomic E-state index is 9.10. The highest BCUT2D eigenvalue weighted by Gasteiger charge is 2.19. The van der Waals surface area contributed by atoms with Crippen molar-refractivity contribution in [1.82, 2.24) is 15.0 Å². The number of anilines is 3. The van der Waals surface area contributed by atoms with Crippen LogP contribution in [0.2, 0.25) is 0 Å². The zero-order valence-electron chi connectivity index (χ0n) is 11.7. The molecule has 0 aromatic carbocycles. The van der Waals surface area contributed by atoms with Gasteiger partial charge in [-0.05, 0) is 32.1 Å². The molecule has 110 valence electrons. The standard InChI is InChI=1S/C13H22N6O/c20-18-12-15-11(14-10-6-2-3-7-10)16-13(17-12)19-8-4-1-5-9-19/h10,20H,1-9H2,(H2,14,15,16,17,18). The molecule has 2 aliphatic rings. The number of nitrogens with zero attached hydrogens (tertiary/aromatic N) is 4. The molecule has 7 nitrogen and oxygen atoms in total. The Labute approximate surface area is 118 Å². The summed E-state index contributed by atoms with van der Waals surface area (Å²) >= 11 is 0. The predicted molar refractivity (Wildman–Crippen MR) is 77.2 cm³/mol. The van der Waals surface area contributed by atoms with Crippen LogP contribution in [0.3, 0.4) is 0 Å². The zero-order valence-corrected chi connectivity index (χ0v) is 11.7. The van der Waals surface area contributed by atoms with E-state index in [1.165, 1.54) is 32.1 Å². The topological polar surface area (TPSA) is 86.2 Å². The minimum Gasteiger partial charge on any atom is -0.351 e. The highest BCUT2D eigenvalue weighted by molar-refractivity contribution is 5.43. The van der Waals surface area contributed by atoms with Crippen molar-refractivity contribution in [2.75, 3.05) is 28.8 Å². The average Bonchev–Trinajstić information content (AvgIpc) is 3.00. The second-order valence-corrected chi connectivity index (χ2v) is 5.57. The summed E-state index contributed by atoms with van der Waals surface area (Å²) in [4.78, 5) is 15.1. The summed E-state index contributed by atoms with van der Waals surface area (Å²) in [5, 5.41) is 12.5. The molecule has 0 amide bonds. The van der Waals surface area contributed by atoms with Crippen molar-refractivity contribution in [3.63, 3.8) is 0 Å². The SMILES string of the molecule is ONc1nc(NC2CCCC2)nc(N2CCCCC2)n1. The Kier molecular flexibility index (Phi) is 4.15. The van der Waals surface area contributed by atoms with Crippen LogP contribution in [-0.4, -0.2) is 39.3 Å². The number of aromatic nitrogens is 3. The molecule has 2 heterocycles. The minimum absolute atomic E-state index is 0.209. The molecule has 7 heteroatoms.